The molecule has 0 radical (unpaired) electrons. The van der Waals surface area contributed by atoms with Gasteiger partial charge in [-0.15, -0.1) is 12.4 Å². The average molecular weight is 371 g/mol. The van der Waals surface area contributed by atoms with Gasteiger partial charge in [-0.2, -0.15) is 0 Å². The predicted octanol–water partition coefficient (Wildman–Crippen LogP) is 3.80. The standard InChI is InChI=1S/C20H22N4O.ClH/c1-14-4-6-16(7-5-14)17-11-18-19(23-10-9-22-18)20(24-17)25-13-15-3-2-8-21-12-15;/h4-7,9-11,15,21H,2-3,8,12-13H2,1H3;1H/t15-;/m0./s1. The highest BCUT2D eigenvalue weighted by Crippen LogP contribution is 2.27. The SMILES string of the molecule is Cc1ccc(-c2cc3nccnc3c(OC[C@H]3CCCNC3)n2)cc1.Cl. The van der Waals surface area contributed by atoms with E-state index in [-0.39, 0.29) is 12.4 Å². The van der Waals surface area contributed by atoms with Crippen molar-refractivity contribution >= 4 is 23.4 Å². The molecule has 4 rings (SSSR count). The molecule has 1 saturated heterocycles. The van der Waals surface area contributed by atoms with Gasteiger partial charge in [0.2, 0.25) is 5.88 Å². The summed E-state index contributed by atoms with van der Waals surface area (Å²) < 4.78 is 6.09. The molecule has 6 heteroatoms. The number of hydrogen-bond donors (Lipinski definition) is 1. The van der Waals surface area contributed by atoms with Gasteiger partial charge in [0, 0.05) is 30.4 Å². The van der Waals surface area contributed by atoms with Crippen LogP contribution in [0.4, 0.5) is 0 Å². The van der Waals surface area contributed by atoms with Gasteiger partial charge in [0.15, 0.2) is 5.52 Å². The van der Waals surface area contributed by atoms with Crippen molar-refractivity contribution in [3.63, 3.8) is 0 Å². The minimum absolute atomic E-state index is 0. The monoisotopic (exact) mass is 370 g/mol. The third kappa shape index (κ3) is 4.11. The van der Waals surface area contributed by atoms with Gasteiger partial charge in [0.1, 0.15) is 0 Å². The van der Waals surface area contributed by atoms with Crippen molar-refractivity contribution in [3.05, 3.63) is 48.3 Å². The van der Waals surface area contributed by atoms with Crippen LogP contribution in [0.5, 0.6) is 5.88 Å². The zero-order valence-corrected chi connectivity index (χ0v) is 15.6. The summed E-state index contributed by atoms with van der Waals surface area (Å²) in [6, 6.07) is 10.3. The molecule has 3 heterocycles. The van der Waals surface area contributed by atoms with Crippen molar-refractivity contribution in [2.75, 3.05) is 19.7 Å². The van der Waals surface area contributed by atoms with Crippen molar-refractivity contribution in [3.8, 4) is 17.1 Å². The number of piperidine rings is 1. The normalized spacial score (nSPS) is 16.9. The highest BCUT2D eigenvalue weighted by Gasteiger charge is 2.16. The molecule has 1 aliphatic rings. The maximum atomic E-state index is 6.09. The number of aryl methyl sites for hydroxylation is 1. The summed E-state index contributed by atoms with van der Waals surface area (Å²) in [6.45, 7) is 4.84. The molecule has 0 bridgehead atoms. The first kappa shape index (κ1) is 18.5. The molecule has 1 atom stereocenters. The van der Waals surface area contributed by atoms with Gasteiger partial charge in [-0.25, -0.2) is 9.97 Å². The van der Waals surface area contributed by atoms with Crippen molar-refractivity contribution in [2.24, 2.45) is 5.92 Å². The molecule has 1 aliphatic heterocycles. The molecule has 0 aliphatic carbocycles. The molecule has 0 spiro atoms. The van der Waals surface area contributed by atoms with Crippen LogP contribution >= 0.6 is 12.4 Å². The van der Waals surface area contributed by atoms with Crippen molar-refractivity contribution in [1.82, 2.24) is 20.3 Å². The summed E-state index contributed by atoms with van der Waals surface area (Å²) in [5, 5.41) is 3.42. The van der Waals surface area contributed by atoms with E-state index < -0.39 is 0 Å². The van der Waals surface area contributed by atoms with Crippen molar-refractivity contribution in [1.29, 1.82) is 0 Å². The number of nitrogens with zero attached hydrogens (tertiary/aromatic N) is 3. The highest BCUT2D eigenvalue weighted by molar-refractivity contribution is 5.85. The Morgan fingerprint density at radius 1 is 1.15 bits per heavy atom. The highest BCUT2D eigenvalue weighted by atomic mass is 35.5. The van der Waals surface area contributed by atoms with Crippen LogP contribution < -0.4 is 10.1 Å². The largest absolute Gasteiger partial charge is 0.476 e. The Hall–Kier alpha value is -2.24. The van der Waals surface area contributed by atoms with E-state index in [2.05, 4.69) is 46.5 Å². The second-order valence-corrected chi connectivity index (χ2v) is 6.63. The summed E-state index contributed by atoms with van der Waals surface area (Å²) >= 11 is 0. The van der Waals surface area contributed by atoms with E-state index in [1.54, 1.807) is 12.4 Å². The van der Waals surface area contributed by atoms with E-state index in [1.807, 2.05) is 6.07 Å². The van der Waals surface area contributed by atoms with E-state index in [4.69, 9.17) is 9.72 Å². The van der Waals surface area contributed by atoms with Gasteiger partial charge in [0.25, 0.3) is 0 Å². The van der Waals surface area contributed by atoms with Crippen LogP contribution in [0.25, 0.3) is 22.3 Å². The zero-order chi connectivity index (χ0) is 17.1. The van der Waals surface area contributed by atoms with Gasteiger partial charge in [0.05, 0.1) is 17.8 Å². The minimum atomic E-state index is 0. The number of ether oxygens (including phenoxy) is 1. The second-order valence-electron chi connectivity index (χ2n) is 6.63. The van der Waals surface area contributed by atoms with E-state index >= 15 is 0 Å². The summed E-state index contributed by atoms with van der Waals surface area (Å²) in [7, 11) is 0. The average Bonchev–Trinajstić information content (AvgIpc) is 2.67. The number of rotatable bonds is 4. The van der Waals surface area contributed by atoms with Gasteiger partial charge in [-0.3, -0.25) is 4.98 Å². The number of hydrogen-bond acceptors (Lipinski definition) is 5. The Morgan fingerprint density at radius 2 is 1.96 bits per heavy atom. The molecule has 1 fully saturated rings. The molecule has 0 unspecified atom stereocenters. The zero-order valence-electron chi connectivity index (χ0n) is 14.8. The van der Waals surface area contributed by atoms with Gasteiger partial charge in [-0.05, 0) is 32.4 Å². The predicted molar refractivity (Wildman–Crippen MR) is 106 cm³/mol. The summed E-state index contributed by atoms with van der Waals surface area (Å²) in [4.78, 5) is 13.6. The lowest BCUT2D eigenvalue weighted by atomic mass is 10.0. The lowest BCUT2D eigenvalue weighted by Crippen LogP contribution is -2.33. The topological polar surface area (TPSA) is 59.9 Å². The van der Waals surface area contributed by atoms with Gasteiger partial charge < -0.3 is 10.1 Å². The number of pyridine rings is 1. The Labute approximate surface area is 159 Å². The first-order valence-corrected chi connectivity index (χ1v) is 8.82. The Kier molecular flexibility index (Phi) is 6.01. The molecule has 0 saturated carbocycles. The minimum Gasteiger partial charge on any atom is -0.476 e. The smallest absolute Gasteiger partial charge is 0.242 e. The van der Waals surface area contributed by atoms with Crippen LogP contribution in [-0.4, -0.2) is 34.6 Å². The quantitative estimate of drug-likeness (QED) is 0.756. The number of fused-ring (bicyclic) bond motifs is 1. The Balaban J connectivity index is 0.00000196. The molecule has 1 N–H and O–H groups in total. The van der Waals surface area contributed by atoms with Crippen LogP contribution in [-0.2, 0) is 0 Å². The molecule has 1 aromatic carbocycles. The first-order chi connectivity index (χ1) is 12.3. The molecular formula is C20H23ClN4O. The van der Waals surface area contributed by atoms with Crippen LogP contribution in [0.3, 0.4) is 0 Å². The van der Waals surface area contributed by atoms with Crippen LogP contribution in [0.2, 0.25) is 0 Å². The van der Waals surface area contributed by atoms with Crippen molar-refractivity contribution in [2.45, 2.75) is 19.8 Å². The molecular weight excluding hydrogens is 348 g/mol. The molecule has 0 amide bonds. The number of halogens is 1. The maximum absolute atomic E-state index is 6.09. The fourth-order valence-corrected chi connectivity index (χ4v) is 3.18. The van der Waals surface area contributed by atoms with E-state index in [0.717, 1.165) is 35.4 Å². The lowest BCUT2D eigenvalue weighted by Gasteiger charge is -2.22. The van der Waals surface area contributed by atoms with Crippen LogP contribution in [0.15, 0.2) is 42.7 Å². The van der Waals surface area contributed by atoms with Crippen molar-refractivity contribution < 1.29 is 4.74 Å². The second kappa shape index (κ2) is 8.43. The van der Waals surface area contributed by atoms with Gasteiger partial charge >= 0.3 is 0 Å². The molecule has 2 aromatic heterocycles. The van der Waals surface area contributed by atoms with E-state index in [1.165, 1.54) is 18.4 Å². The fraction of sp³-hybridized carbons (Fsp3) is 0.350. The fourth-order valence-electron chi connectivity index (χ4n) is 3.18. The Bertz CT molecular complexity index is 863. The van der Waals surface area contributed by atoms with E-state index in [0.29, 0.717) is 18.4 Å². The maximum Gasteiger partial charge on any atom is 0.242 e. The summed E-state index contributed by atoms with van der Waals surface area (Å²) in [6.07, 6.45) is 5.78. The number of benzene rings is 1. The molecule has 136 valence electrons. The third-order valence-corrected chi connectivity index (χ3v) is 4.63. The Morgan fingerprint density at radius 3 is 2.73 bits per heavy atom. The summed E-state index contributed by atoms with van der Waals surface area (Å²) in [5.41, 5.74) is 4.68. The van der Waals surface area contributed by atoms with E-state index in [9.17, 15) is 0 Å². The van der Waals surface area contributed by atoms with Gasteiger partial charge in [-0.1, -0.05) is 29.8 Å². The third-order valence-electron chi connectivity index (χ3n) is 4.63. The van der Waals surface area contributed by atoms with Crippen LogP contribution in [0, 0.1) is 12.8 Å². The number of nitrogens with one attached hydrogen (secondary N) is 1. The van der Waals surface area contributed by atoms with Crippen LogP contribution in [0.1, 0.15) is 18.4 Å². The summed E-state index contributed by atoms with van der Waals surface area (Å²) in [5.74, 6) is 1.09. The lowest BCUT2D eigenvalue weighted by molar-refractivity contribution is 0.214. The number of aromatic nitrogens is 3. The first-order valence-electron chi connectivity index (χ1n) is 8.82. The molecule has 3 aromatic rings. The molecule has 5 nitrogen and oxygen atoms in total. The molecule has 26 heavy (non-hydrogen) atoms.